The number of aromatic nitrogens is 5. The number of benzene rings is 9. The molecule has 0 bridgehead atoms. The molecule has 4 aromatic heterocycles. The van der Waals surface area contributed by atoms with Crippen molar-refractivity contribution in [3.63, 3.8) is 0 Å². The molecular formula is C55H33N5O. The van der Waals surface area contributed by atoms with Crippen LogP contribution in [0.4, 0.5) is 0 Å². The van der Waals surface area contributed by atoms with Crippen molar-refractivity contribution in [3.05, 3.63) is 200 Å². The molecule has 0 unspecified atom stereocenters. The lowest BCUT2D eigenvalue weighted by Crippen LogP contribution is -2.03. The fourth-order valence-corrected chi connectivity index (χ4v) is 9.40. The Morgan fingerprint density at radius 2 is 1.00 bits per heavy atom. The molecule has 4 heterocycles. The van der Waals surface area contributed by atoms with Crippen molar-refractivity contribution in [3.8, 4) is 45.5 Å². The first-order valence-corrected chi connectivity index (χ1v) is 20.5. The van der Waals surface area contributed by atoms with E-state index >= 15 is 0 Å². The largest absolute Gasteiger partial charge is 0.436 e. The Balaban J connectivity index is 1.06. The normalized spacial score (nSPS) is 11.9. The lowest BCUT2D eigenvalue weighted by Gasteiger charge is -2.12. The van der Waals surface area contributed by atoms with Crippen LogP contribution in [0, 0.1) is 0 Å². The molecule has 0 aliphatic rings. The minimum atomic E-state index is 0.567. The Morgan fingerprint density at radius 1 is 0.377 bits per heavy atom. The van der Waals surface area contributed by atoms with Crippen LogP contribution in [0.5, 0.6) is 0 Å². The third-order valence-corrected chi connectivity index (χ3v) is 12.2. The van der Waals surface area contributed by atoms with Crippen molar-refractivity contribution >= 4 is 76.4 Å². The van der Waals surface area contributed by atoms with Crippen LogP contribution in [0.1, 0.15) is 0 Å². The van der Waals surface area contributed by atoms with Gasteiger partial charge in [0, 0.05) is 38.4 Å². The van der Waals surface area contributed by atoms with Gasteiger partial charge in [-0.3, -0.25) is 4.57 Å². The predicted octanol–water partition coefficient (Wildman–Crippen LogP) is 14.1. The van der Waals surface area contributed by atoms with E-state index in [0.717, 1.165) is 66.5 Å². The van der Waals surface area contributed by atoms with Crippen LogP contribution in [-0.2, 0) is 0 Å². The Morgan fingerprint density at radius 3 is 1.79 bits per heavy atom. The van der Waals surface area contributed by atoms with Crippen LogP contribution in [-0.4, -0.2) is 24.1 Å². The molecule has 0 fully saturated rings. The van der Waals surface area contributed by atoms with E-state index < -0.39 is 0 Å². The smallest absolute Gasteiger partial charge is 0.235 e. The summed E-state index contributed by atoms with van der Waals surface area (Å²) >= 11 is 0. The SMILES string of the molecule is c1ccc(-c2nc3c(ccc4nc(-n5c6ccc(-c7ccc8c(c7)c7ccccc7n8-c7ccccc7)cc6c6c7ccccc7ccc65)nc(-c5ccccc5)c43)o2)cc1. The van der Waals surface area contributed by atoms with Gasteiger partial charge in [-0.15, -0.1) is 0 Å². The van der Waals surface area contributed by atoms with Crippen LogP contribution in [0.25, 0.3) is 122 Å². The molecule has 0 radical (unpaired) electrons. The van der Waals surface area contributed by atoms with Crippen molar-refractivity contribution in [1.82, 2.24) is 24.1 Å². The van der Waals surface area contributed by atoms with Crippen LogP contribution in [0.3, 0.4) is 0 Å². The first-order chi connectivity index (χ1) is 30.2. The van der Waals surface area contributed by atoms with E-state index in [1.165, 1.54) is 38.0 Å². The highest BCUT2D eigenvalue weighted by Crippen LogP contribution is 2.42. The second-order valence-electron chi connectivity index (χ2n) is 15.6. The number of rotatable bonds is 5. The molecule has 13 rings (SSSR count). The van der Waals surface area contributed by atoms with E-state index in [0.29, 0.717) is 17.4 Å². The van der Waals surface area contributed by atoms with E-state index in [9.17, 15) is 0 Å². The lowest BCUT2D eigenvalue weighted by molar-refractivity contribution is 0.620. The number of hydrogen-bond donors (Lipinski definition) is 0. The maximum Gasteiger partial charge on any atom is 0.235 e. The highest BCUT2D eigenvalue weighted by Gasteiger charge is 2.22. The predicted molar refractivity (Wildman–Crippen MR) is 250 cm³/mol. The van der Waals surface area contributed by atoms with Gasteiger partial charge >= 0.3 is 0 Å². The highest BCUT2D eigenvalue weighted by molar-refractivity contribution is 6.22. The van der Waals surface area contributed by atoms with E-state index in [1.807, 2.05) is 60.7 Å². The van der Waals surface area contributed by atoms with E-state index in [1.54, 1.807) is 0 Å². The second-order valence-corrected chi connectivity index (χ2v) is 15.6. The van der Waals surface area contributed by atoms with Crippen molar-refractivity contribution in [2.75, 3.05) is 0 Å². The number of hydrogen-bond acceptors (Lipinski definition) is 4. The zero-order valence-corrected chi connectivity index (χ0v) is 32.7. The number of nitrogens with zero attached hydrogens (tertiary/aromatic N) is 5. The third-order valence-electron chi connectivity index (χ3n) is 12.2. The number of oxazole rings is 1. The average molecular weight is 780 g/mol. The van der Waals surface area contributed by atoms with Crippen molar-refractivity contribution < 1.29 is 4.42 Å². The molecule has 0 aliphatic heterocycles. The molecule has 61 heavy (non-hydrogen) atoms. The zero-order chi connectivity index (χ0) is 40.0. The maximum absolute atomic E-state index is 6.35. The number of para-hydroxylation sites is 2. The van der Waals surface area contributed by atoms with Crippen LogP contribution < -0.4 is 0 Å². The van der Waals surface area contributed by atoms with Crippen molar-refractivity contribution in [2.45, 2.75) is 0 Å². The zero-order valence-electron chi connectivity index (χ0n) is 32.7. The summed E-state index contributed by atoms with van der Waals surface area (Å²) in [4.78, 5) is 15.9. The van der Waals surface area contributed by atoms with E-state index in [2.05, 4.69) is 149 Å². The number of fused-ring (bicyclic) bond motifs is 11. The van der Waals surface area contributed by atoms with Gasteiger partial charge in [-0.05, 0) is 94.7 Å². The molecule has 0 N–H and O–H groups in total. The van der Waals surface area contributed by atoms with E-state index in [4.69, 9.17) is 19.4 Å². The molecule has 0 spiro atoms. The minimum absolute atomic E-state index is 0.567. The first kappa shape index (κ1) is 33.6. The third kappa shape index (κ3) is 5.12. The summed E-state index contributed by atoms with van der Waals surface area (Å²) in [5, 5.41) is 7.98. The fraction of sp³-hybridized carbons (Fsp3) is 0. The topological polar surface area (TPSA) is 61.7 Å². The molecule has 0 saturated carbocycles. The minimum Gasteiger partial charge on any atom is -0.436 e. The summed E-state index contributed by atoms with van der Waals surface area (Å²) < 4.78 is 10.9. The average Bonchev–Trinajstić information content (AvgIpc) is 4.02. The van der Waals surface area contributed by atoms with Crippen LogP contribution >= 0.6 is 0 Å². The highest BCUT2D eigenvalue weighted by atomic mass is 16.3. The van der Waals surface area contributed by atoms with Crippen LogP contribution in [0.15, 0.2) is 205 Å². The maximum atomic E-state index is 6.35. The summed E-state index contributed by atoms with van der Waals surface area (Å²) in [5.41, 5.74) is 12.8. The monoisotopic (exact) mass is 779 g/mol. The van der Waals surface area contributed by atoms with Gasteiger partial charge in [-0.1, -0.05) is 127 Å². The molecule has 0 atom stereocenters. The summed E-state index contributed by atoms with van der Waals surface area (Å²) in [6, 6.07) is 70.4. The van der Waals surface area contributed by atoms with Gasteiger partial charge in [0.15, 0.2) is 5.58 Å². The molecule has 0 amide bonds. The molecule has 284 valence electrons. The molecule has 0 saturated heterocycles. The molecule has 6 heteroatoms. The standard InChI is InChI=1S/C55H33N5O/c1-4-15-35(16-5-1)52-51-44(27-31-49-53(51)57-54(61-49)36-17-6-2-7-18-36)56-55(58-52)60-47-29-26-38(33-43(47)50-40-21-11-10-14-34(40)24-30-48(50)60)37-25-28-46-42(32-37)41-22-12-13-23-45(41)59(46)39-19-8-3-9-20-39/h1-33H. The van der Waals surface area contributed by atoms with Gasteiger partial charge in [0.25, 0.3) is 0 Å². The molecule has 6 nitrogen and oxygen atoms in total. The van der Waals surface area contributed by atoms with E-state index in [-0.39, 0.29) is 0 Å². The van der Waals surface area contributed by atoms with Crippen molar-refractivity contribution in [2.24, 2.45) is 0 Å². The quantitative estimate of drug-likeness (QED) is 0.175. The fourth-order valence-electron chi connectivity index (χ4n) is 9.40. The summed E-state index contributed by atoms with van der Waals surface area (Å²) in [7, 11) is 0. The van der Waals surface area contributed by atoms with Gasteiger partial charge in [-0.25, -0.2) is 15.0 Å². The van der Waals surface area contributed by atoms with Gasteiger partial charge in [0.1, 0.15) is 5.52 Å². The van der Waals surface area contributed by atoms with Gasteiger partial charge in [-0.2, -0.15) is 0 Å². The summed E-state index contributed by atoms with van der Waals surface area (Å²) in [5.74, 6) is 1.16. The molecule has 9 aromatic carbocycles. The first-order valence-electron chi connectivity index (χ1n) is 20.5. The Kier molecular flexibility index (Phi) is 7.21. The summed E-state index contributed by atoms with van der Waals surface area (Å²) in [6.45, 7) is 0. The summed E-state index contributed by atoms with van der Waals surface area (Å²) in [6.07, 6.45) is 0. The van der Waals surface area contributed by atoms with Gasteiger partial charge in [0.05, 0.1) is 38.7 Å². The Labute approximate surface area is 349 Å². The van der Waals surface area contributed by atoms with Gasteiger partial charge < -0.3 is 8.98 Å². The molecular weight excluding hydrogens is 747 g/mol. The van der Waals surface area contributed by atoms with Crippen molar-refractivity contribution in [1.29, 1.82) is 0 Å². The van der Waals surface area contributed by atoms with Gasteiger partial charge in [0.2, 0.25) is 11.8 Å². The molecule has 13 aromatic rings. The second kappa shape index (κ2) is 13.1. The lowest BCUT2D eigenvalue weighted by atomic mass is 9.99. The Bertz CT molecular complexity index is 3860. The van der Waals surface area contributed by atoms with Crippen LogP contribution in [0.2, 0.25) is 0 Å². The Hall–Kier alpha value is -8.35. The molecule has 0 aliphatic carbocycles.